The zero-order valence-corrected chi connectivity index (χ0v) is 12.5. The Balaban J connectivity index is 3.46. The monoisotopic (exact) mass is 322 g/mol. The molecule has 0 atom stereocenters. The third-order valence-corrected chi connectivity index (χ3v) is 3.63. The maximum absolute atomic E-state index is 11.3. The van der Waals surface area contributed by atoms with Gasteiger partial charge >= 0.3 is 0 Å². The van der Waals surface area contributed by atoms with Crippen LogP contribution in [0.2, 0.25) is 0 Å². The smallest absolute Gasteiger partial charge is 0.230 e. The normalized spacial score (nSPS) is 9.80. The van der Waals surface area contributed by atoms with Crippen LogP contribution < -0.4 is 22.1 Å². The quantitative estimate of drug-likeness (QED) is 0.314. The van der Waals surface area contributed by atoms with E-state index in [9.17, 15) is 19.2 Å². The Morgan fingerprint density at radius 2 is 1.05 bits per heavy atom. The number of amides is 4. The van der Waals surface area contributed by atoms with E-state index in [1.54, 1.807) is 0 Å². The fourth-order valence-corrected chi connectivity index (χ4v) is 2.18. The molecule has 8 nitrogen and oxygen atoms in total. The van der Waals surface area contributed by atoms with E-state index in [2.05, 4.69) is 10.6 Å². The Bertz CT molecular complexity index is 331. The topological polar surface area (TPSA) is 144 Å². The van der Waals surface area contributed by atoms with E-state index in [1.165, 1.54) is 0 Å². The summed E-state index contributed by atoms with van der Waals surface area (Å²) < 4.78 is 0. The molecule has 0 aromatic rings. The minimum absolute atomic E-state index is 0.0985. The molecule has 20 heavy (non-hydrogen) atoms. The standard InChI is InChI=1S/C10H18N4O4S2/c11-7(15)3-19-5-9(17)13-1-2-14-10(18)6-20-4-8(12)16/h1-6H2,(H2,11,15)(H2,12,16)(H,13,17)(H,14,18). The Kier molecular flexibility index (Phi) is 10.6. The lowest BCUT2D eigenvalue weighted by Crippen LogP contribution is -2.36. The van der Waals surface area contributed by atoms with Gasteiger partial charge in [-0.05, 0) is 0 Å². The lowest BCUT2D eigenvalue weighted by Gasteiger charge is -2.06. The zero-order chi connectivity index (χ0) is 15.4. The molecule has 0 radical (unpaired) electrons. The van der Waals surface area contributed by atoms with Crippen LogP contribution in [0.1, 0.15) is 0 Å². The number of primary amides is 2. The first-order chi connectivity index (χ1) is 9.41. The number of hydrogen-bond acceptors (Lipinski definition) is 6. The summed E-state index contributed by atoms with van der Waals surface area (Å²) in [6.45, 7) is 0.588. The van der Waals surface area contributed by atoms with Crippen LogP contribution in [0.25, 0.3) is 0 Å². The maximum Gasteiger partial charge on any atom is 0.230 e. The summed E-state index contributed by atoms with van der Waals surface area (Å²) in [5.41, 5.74) is 9.84. The zero-order valence-electron chi connectivity index (χ0n) is 10.8. The van der Waals surface area contributed by atoms with Crippen LogP contribution in [0.4, 0.5) is 0 Å². The molecule has 0 saturated heterocycles. The summed E-state index contributed by atoms with van der Waals surface area (Å²) in [5, 5.41) is 5.16. The van der Waals surface area contributed by atoms with Gasteiger partial charge in [0, 0.05) is 13.1 Å². The third-order valence-electron chi connectivity index (χ3n) is 1.72. The summed E-state index contributed by atoms with van der Waals surface area (Å²) in [6.07, 6.45) is 0. The Morgan fingerprint density at radius 3 is 1.35 bits per heavy atom. The van der Waals surface area contributed by atoms with Crippen LogP contribution >= 0.6 is 23.5 Å². The molecule has 0 aliphatic heterocycles. The number of rotatable bonds is 11. The Morgan fingerprint density at radius 1 is 0.700 bits per heavy atom. The van der Waals surface area contributed by atoms with E-state index < -0.39 is 11.8 Å². The van der Waals surface area contributed by atoms with Crippen molar-refractivity contribution in [3.8, 4) is 0 Å². The molecule has 0 spiro atoms. The number of thioether (sulfide) groups is 2. The Labute approximate surface area is 125 Å². The molecule has 0 unspecified atom stereocenters. The van der Waals surface area contributed by atoms with Crippen molar-refractivity contribution in [3.63, 3.8) is 0 Å². The van der Waals surface area contributed by atoms with Crippen molar-refractivity contribution in [1.82, 2.24) is 10.6 Å². The first-order valence-electron chi connectivity index (χ1n) is 5.67. The maximum atomic E-state index is 11.3. The van der Waals surface area contributed by atoms with Gasteiger partial charge in [0.05, 0.1) is 23.0 Å². The van der Waals surface area contributed by atoms with Crippen molar-refractivity contribution in [2.45, 2.75) is 0 Å². The van der Waals surface area contributed by atoms with E-state index in [4.69, 9.17) is 11.5 Å². The van der Waals surface area contributed by atoms with Crippen LogP contribution in [0, 0.1) is 0 Å². The predicted octanol–water partition coefficient (Wildman–Crippen LogP) is -2.34. The predicted molar refractivity (Wildman–Crippen MR) is 79.1 cm³/mol. The van der Waals surface area contributed by atoms with E-state index in [0.29, 0.717) is 13.1 Å². The number of nitrogens with two attached hydrogens (primary N) is 2. The van der Waals surface area contributed by atoms with Gasteiger partial charge in [0.1, 0.15) is 0 Å². The molecular formula is C10H18N4O4S2. The first-order valence-corrected chi connectivity index (χ1v) is 7.98. The van der Waals surface area contributed by atoms with Gasteiger partial charge in [-0.1, -0.05) is 0 Å². The number of carbonyl (C=O) groups is 4. The minimum atomic E-state index is -0.469. The summed E-state index contributed by atoms with van der Waals surface area (Å²) in [6, 6.07) is 0. The summed E-state index contributed by atoms with van der Waals surface area (Å²) in [7, 11) is 0. The second kappa shape index (κ2) is 11.4. The highest BCUT2D eigenvalue weighted by Crippen LogP contribution is 1.97. The van der Waals surface area contributed by atoms with E-state index in [0.717, 1.165) is 23.5 Å². The van der Waals surface area contributed by atoms with Crippen LogP contribution in [0.3, 0.4) is 0 Å². The van der Waals surface area contributed by atoms with Gasteiger partial charge in [-0.15, -0.1) is 23.5 Å². The van der Waals surface area contributed by atoms with Crippen molar-refractivity contribution in [3.05, 3.63) is 0 Å². The van der Waals surface area contributed by atoms with E-state index in [-0.39, 0.29) is 34.8 Å². The molecule has 0 rings (SSSR count). The van der Waals surface area contributed by atoms with Crippen molar-refractivity contribution in [1.29, 1.82) is 0 Å². The average molecular weight is 322 g/mol. The summed E-state index contributed by atoms with van der Waals surface area (Å²) in [5.74, 6) is -0.909. The molecule has 10 heteroatoms. The molecule has 4 amide bonds. The number of hydrogen-bond donors (Lipinski definition) is 4. The number of nitrogens with one attached hydrogen (secondary N) is 2. The molecule has 0 saturated carbocycles. The lowest BCUT2D eigenvalue weighted by atomic mass is 10.5. The molecule has 0 aliphatic rings. The lowest BCUT2D eigenvalue weighted by molar-refractivity contribution is -0.120. The van der Waals surface area contributed by atoms with Crippen LogP contribution in [0.15, 0.2) is 0 Å². The van der Waals surface area contributed by atoms with Crippen molar-refractivity contribution in [2.24, 2.45) is 11.5 Å². The second-order valence-electron chi connectivity index (χ2n) is 3.62. The Hall–Kier alpha value is -1.42. The minimum Gasteiger partial charge on any atom is -0.369 e. The molecule has 0 aromatic heterocycles. The molecular weight excluding hydrogens is 304 g/mol. The van der Waals surface area contributed by atoms with Crippen LogP contribution in [0.5, 0.6) is 0 Å². The third kappa shape index (κ3) is 13.0. The van der Waals surface area contributed by atoms with Gasteiger partial charge < -0.3 is 22.1 Å². The van der Waals surface area contributed by atoms with E-state index in [1.807, 2.05) is 0 Å². The molecule has 0 fully saturated rings. The summed E-state index contributed by atoms with van der Waals surface area (Å²) >= 11 is 2.25. The molecule has 0 bridgehead atoms. The van der Waals surface area contributed by atoms with Gasteiger partial charge in [-0.3, -0.25) is 19.2 Å². The fourth-order valence-electron chi connectivity index (χ4n) is 0.995. The molecule has 0 aromatic carbocycles. The van der Waals surface area contributed by atoms with Gasteiger partial charge in [0.2, 0.25) is 23.6 Å². The van der Waals surface area contributed by atoms with Gasteiger partial charge in [-0.25, -0.2) is 0 Å². The second-order valence-corrected chi connectivity index (χ2v) is 5.59. The van der Waals surface area contributed by atoms with Gasteiger partial charge in [-0.2, -0.15) is 0 Å². The largest absolute Gasteiger partial charge is 0.369 e. The molecule has 0 aliphatic carbocycles. The van der Waals surface area contributed by atoms with Gasteiger partial charge in [0.25, 0.3) is 0 Å². The molecule has 114 valence electrons. The SMILES string of the molecule is NC(=O)CSCC(=O)NCCNC(=O)CSCC(N)=O. The van der Waals surface area contributed by atoms with E-state index >= 15 is 0 Å². The van der Waals surface area contributed by atoms with Crippen LogP contribution in [-0.2, 0) is 19.2 Å². The highest BCUT2D eigenvalue weighted by molar-refractivity contribution is 8.00. The first kappa shape index (κ1) is 18.6. The average Bonchev–Trinajstić information content (AvgIpc) is 2.33. The van der Waals surface area contributed by atoms with Crippen molar-refractivity contribution in [2.75, 3.05) is 36.1 Å². The molecule has 0 heterocycles. The van der Waals surface area contributed by atoms with Crippen molar-refractivity contribution < 1.29 is 19.2 Å². The number of carbonyl (C=O) groups excluding carboxylic acids is 4. The highest BCUT2D eigenvalue weighted by atomic mass is 32.2. The molecule has 6 N–H and O–H groups in total. The fraction of sp³-hybridized carbons (Fsp3) is 0.600. The van der Waals surface area contributed by atoms with Crippen molar-refractivity contribution >= 4 is 47.2 Å². The summed E-state index contributed by atoms with van der Waals surface area (Å²) in [4.78, 5) is 43.4. The highest BCUT2D eigenvalue weighted by Gasteiger charge is 2.04. The van der Waals surface area contributed by atoms with Crippen LogP contribution in [-0.4, -0.2) is 59.7 Å². The van der Waals surface area contributed by atoms with Gasteiger partial charge in [0.15, 0.2) is 0 Å².